The van der Waals surface area contributed by atoms with Crippen LogP contribution in [0.3, 0.4) is 0 Å². The first-order valence-electron chi connectivity index (χ1n) is 7.71. The number of allylic oxidation sites excluding steroid dienone is 2. The van der Waals surface area contributed by atoms with Crippen molar-refractivity contribution in [2.24, 2.45) is 11.3 Å². The van der Waals surface area contributed by atoms with Gasteiger partial charge in [-0.2, -0.15) is 0 Å². The number of ether oxygens (including phenoxy) is 1. The maximum absolute atomic E-state index is 12.6. The highest BCUT2D eigenvalue weighted by Gasteiger charge is 2.49. The highest BCUT2D eigenvalue weighted by molar-refractivity contribution is 5.98. The number of hydrogen-bond acceptors (Lipinski definition) is 2. The minimum absolute atomic E-state index is 0.0283. The number of rotatable bonds is 1. The minimum atomic E-state index is 0.0283. The number of benzene rings is 1. The predicted octanol–water partition coefficient (Wildman–Crippen LogP) is 4.00. The lowest BCUT2D eigenvalue weighted by atomic mass is 9.72. The van der Waals surface area contributed by atoms with Crippen LogP contribution in [0.15, 0.2) is 53.8 Å². The first kappa shape index (κ1) is 12.9. The van der Waals surface area contributed by atoms with Crippen LogP contribution in [0.5, 0.6) is 0 Å². The Morgan fingerprint density at radius 2 is 1.86 bits per heavy atom. The second-order valence-electron chi connectivity index (χ2n) is 7.21. The van der Waals surface area contributed by atoms with E-state index in [0.29, 0.717) is 12.2 Å². The van der Waals surface area contributed by atoms with Crippen LogP contribution in [-0.4, -0.2) is 11.9 Å². The van der Waals surface area contributed by atoms with E-state index in [1.807, 2.05) is 6.07 Å². The molecule has 0 aromatic heterocycles. The summed E-state index contributed by atoms with van der Waals surface area (Å²) in [6, 6.07) is 10.4. The van der Waals surface area contributed by atoms with Gasteiger partial charge in [0.25, 0.3) is 0 Å². The Kier molecular flexibility index (Phi) is 2.66. The molecule has 4 rings (SSSR count). The average molecular weight is 280 g/mol. The fraction of sp³-hybridized carbons (Fsp3) is 0.421. The van der Waals surface area contributed by atoms with Crippen molar-refractivity contribution in [3.8, 4) is 0 Å². The summed E-state index contributed by atoms with van der Waals surface area (Å²) in [7, 11) is 0. The molecule has 0 fully saturated rings. The molecule has 0 saturated carbocycles. The molecule has 2 aliphatic carbocycles. The largest absolute Gasteiger partial charge is 0.490 e. The van der Waals surface area contributed by atoms with Crippen LogP contribution in [0.25, 0.3) is 0 Å². The lowest BCUT2D eigenvalue weighted by Crippen LogP contribution is -2.28. The van der Waals surface area contributed by atoms with Gasteiger partial charge in [0.1, 0.15) is 11.9 Å². The molecule has 0 amide bonds. The fourth-order valence-corrected chi connectivity index (χ4v) is 4.04. The van der Waals surface area contributed by atoms with Crippen molar-refractivity contribution in [2.45, 2.75) is 38.7 Å². The first-order valence-corrected chi connectivity index (χ1v) is 7.71. The fourth-order valence-electron chi connectivity index (χ4n) is 4.04. The molecule has 3 aliphatic rings. The van der Waals surface area contributed by atoms with Gasteiger partial charge < -0.3 is 4.74 Å². The molecular formula is C19H20O2. The molecule has 2 nitrogen and oxygen atoms in total. The predicted molar refractivity (Wildman–Crippen MR) is 81.7 cm³/mol. The summed E-state index contributed by atoms with van der Waals surface area (Å²) in [6.45, 7) is 4.30. The van der Waals surface area contributed by atoms with Crippen molar-refractivity contribution in [2.75, 3.05) is 0 Å². The van der Waals surface area contributed by atoms with Gasteiger partial charge in [-0.3, -0.25) is 4.79 Å². The maximum Gasteiger partial charge on any atom is 0.163 e. The number of fused-ring (bicyclic) bond motifs is 2. The van der Waals surface area contributed by atoms with E-state index in [1.54, 1.807) is 0 Å². The summed E-state index contributed by atoms with van der Waals surface area (Å²) in [4.78, 5) is 12.6. The number of hydrogen-bond donors (Lipinski definition) is 0. The van der Waals surface area contributed by atoms with Gasteiger partial charge in [-0.25, -0.2) is 0 Å². The van der Waals surface area contributed by atoms with E-state index in [9.17, 15) is 4.79 Å². The van der Waals surface area contributed by atoms with E-state index in [-0.39, 0.29) is 23.4 Å². The average Bonchev–Trinajstić information content (AvgIpc) is 2.96. The van der Waals surface area contributed by atoms with Crippen molar-refractivity contribution in [3.05, 3.63) is 59.4 Å². The molecule has 3 atom stereocenters. The van der Waals surface area contributed by atoms with E-state index in [2.05, 4.69) is 50.3 Å². The van der Waals surface area contributed by atoms with Crippen molar-refractivity contribution in [1.82, 2.24) is 0 Å². The van der Waals surface area contributed by atoms with E-state index in [0.717, 1.165) is 17.8 Å². The summed E-state index contributed by atoms with van der Waals surface area (Å²) in [5.74, 6) is 1.70. The Morgan fingerprint density at radius 3 is 2.62 bits per heavy atom. The van der Waals surface area contributed by atoms with Gasteiger partial charge >= 0.3 is 0 Å². The van der Waals surface area contributed by atoms with Crippen molar-refractivity contribution < 1.29 is 9.53 Å². The maximum atomic E-state index is 12.6. The van der Waals surface area contributed by atoms with E-state index >= 15 is 0 Å². The third-order valence-electron chi connectivity index (χ3n) is 4.92. The zero-order chi connectivity index (χ0) is 14.6. The molecule has 0 saturated heterocycles. The standard InChI is InChI=1S/C19H20O2/c1-19(2)10-14(20)18-16(11-19)21-15-9-8-13(17(15)18)12-6-4-3-5-7-12/h3-9,13,15,17H,10-11H2,1-2H3/t13-,15+,17-/m0/s1. The third kappa shape index (κ3) is 1.97. The Labute approximate surface area is 125 Å². The Hall–Kier alpha value is -1.83. The zero-order valence-corrected chi connectivity index (χ0v) is 12.5. The van der Waals surface area contributed by atoms with Gasteiger partial charge in [-0.1, -0.05) is 50.3 Å². The van der Waals surface area contributed by atoms with Crippen LogP contribution >= 0.6 is 0 Å². The molecule has 21 heavy (non-hydrogen) atoms. The van der Waals surface area contributed by atoms with Crippen LogP contribution in [0, 0.1) is 11.3 Å². The molecule has 1 aliphatic heterocycles. The molecular weight excluding hydrogens is 260 g/mol. The van der Waals surface area contributed by atoms with Gasteiger partial charge in [-0.15, -0.1) is 0 Å². The Balaban J connectivity index is 1.73. The van der Waals surface area contributed by atoms with Gasteiger partial charge in [0.2, 0.25) is 0 Å². The molecule has 2 heteroatoms. The number of ketones is 1. The van der Waals surface area contributed by atoms with Gasteiger partial charge in [0, 0.05) is 30.3 Å². The van der Waals surface area contributed by atoms with Crippen molar-refractivity contribution in [3.63, 3.8) is 0 Å². The lowest BCUT2D eigenvalue weighted by molar-refractivity contribution is -0.118. The van der Waals surface area contributed by atoms with E-state index < -0.39 is 0 Å². The van der Waals surface area contributed by atoms with Gasteiger partial charge in [-0.05, 0) is 17.1 Å². The quantitative estimate of drug-likeness (QED) is 0.727. The van der Waals surface area contributed by atoms with Gasteiger partial charge in [0.05, 0.1) is 0 Å². The normalized spacial score (nSPS) is 32.9. The second kappa shape index (κ2) is 4.33. The molecule has 1 aromatic carbocycles. The zero-order valence-electron chi connectivity index (χ0n) is 12.5. The third-order valence-corrected chi connectivity index (χ3v) is 4.92. The molecule has 0 N–H and O–H groups in total. The first-order chi connectivity index (χ1) is 10.1. The van der Waals surface area contributed by atoms with Crippen LogP contribution in [0.4, 0.5) is 0 Å². The number of carbonyl (C=O) groups excluding carboxylic acids is 1. The second-order valence-corrected chi connectivity index (χ2v) is 7.21. The highest BCUT2D eigenvalue weighted by atomic mass is 16.5. The molecule has 0 unspecified atom stereocenters. The Morgan fingerprint density at radius 1 is 1.10 bits per heavy atom. The molecule has 1 aromatic rings. The molecule has 0 bridgehead atoms. The van der Waals surface area contributed by atoms with Crippen LogP contribution in [-0.2, 0) is 9.53 Å². The van der Waals surface area contributed by atoms with Crippen molar-refractivity contribution >= 4 is 5.78 Å². The molecule has 0 radical (unpaired) electrons. The summed E-state index contributed by atoms with van der Waals surface area (Å²) in [5, 5.41) is 0. The molecule has 108 valence electrons. The SMILES string of the molecule is CC1(C)CC(=O)C2=C(C1)O[C@@H]1C=C[C@@H](c3ccccc3)[C@H]21. The van der Waals surface area contributed by atoms with Crippen LogP contribution < -0.4 is 0 Å². The minimum Gasteiger partial charge on any atom is -0.490 e. The van der Waals surface area contributed by atoms with Crippen LogP contribution in [0.1, 0.15) is 38.2 Å². The number of Topliss-reactive ketones (excluding diaryl/α,β-unsaturated/α-hetero) is 1. The Bertz CT molecular complexity index is 651. The summed E-state index contributed by atoms with van der Waals surface area (Å²) in [6.07, 6.45) is 5.93. The van der Waals surface area contributed by atoms with Crippen LogP contribution in [0.2, 0.25) is 0 Å². The van der Waals surface area contributed by atoms with E-state index in [1.165, 1.54) is 5.56 Å². The molecule has 0 spiro atoms. The van der Waals surface area contributed by atoms with E-state index in [4.69, 9.17) is 4.74 Å². The monoisotopic (exact) mass is 280 g/mol. The van der Waals surface area contributed by atoms with Crippen molar-refractivity contribution in [1.29, 1.82) is 0 Å². The topological polar surface area (TPSA) is 26.3 Å². The highest BCUT2D eigenvalue weighted by Crippen LogP contribution is 2.52. The lowest BCUT2D eigenvalue weighted by Gasteiger charge is -2.30. The number of carbonyl (C=O) groups is 1. The summed E-state index contributed by atoms with van der Waals surface area (Å²) in [5.41, 5.74) is 2.27. The smallest absolute Gasteiger partial charge is 0.163 e. The summed E-state index contributed by atoms with van der Waals surface area (Å²) >= 11 is 0. The summed E-state index contributed by atoms with van der Waals surface area (Å²) < 4.78 is 6.12. The molecule has 1 heterocycles. The van der Waals surface area contributed by atoms with Gasteiger partial charge in [0.15, 0.2) is 5.78 Å².